The average Bonchev–Trinajstić information content (AvgIpc) is 2.56. The first-order chi connectivity index (χ1) is 11.5. The lowest BCUT2D eigenvalue weighted by Gasteiger charge is -2.10. The number of benzene rings is 3. The number of hydrogen-bond acceptors (Lipinski definition) is 2. The van der Waals surface area contributed by atoms with Crippen LogP contribution < -0.4 is 5.32 Å². The Balaban J connectivity index is 1.85. The van der Waals surface area contributed by atoms with Gasteiger partial charge in [0.1, 0.15) is 0 Å². The summed E-state index contributed by atoms with van der Waals surface area (Å²) < 4.78 is 0. The highest BCUT2D eigenvalue weighted by atomic mass is 16.4. The number of carbonyl (C=O) groups excluding carboxylic acids is 1. The van der Waals surface area contributed by atoms with Crippen molar-refractivity contribution >= 4 is 28.3 Å². The highest BCUT2D eigenvalue weighted by Gasteiger charge is 2.13. The van der Waals surface area contributed by atoms with Gasteiger partial charge in [-0.1, -0.05) is 54.1 Å². The number of fused-ring (bicyclic) bond motifs is 1. The molecule has 3 aromatic rings. The molecule has 120 valence electrons. The van der Waals surface area contributed by atoms with Crippen LogP contribution in [0.5, 0.6) is 0 Å². The third kappa shape index (κ3) is 3.27. The maximum absolute atomic E-state index is 12.4. The predicted molar refractivity (Wildman–Crippen MR) is 94.4 cm³/mol. The van der Waals surface area contributed by atoms with Crippen molar-refractivity contribution < 1.29 is 14.7 Å². The number of nitrogens with one attached hydrogen (secondary N) is 1. The molecule has 2 N–H and O–H groups in total. The molecule has 0 fully saturated rings. The number of aryl methyl sites for hydroxylation is 1. The zero-order valence-corrected chi connectivity index (χ0v) is 13.2. The predicted octanol–water partition coefficient (Wildman–Crippen LogP) is 4.03. The van der Waals surface area contributed by atoms with Gasteiger partial charge in [0.2, 0.25) is 5.91 Å². The Kier molecular flexibility index (Phi) is 4.29. The van der Waals surface area contributed by atoms with Crippen molar-refractivity contribution in [3.05, 3.63) is 77.4 Å². The van der Waals surface area contributed by atoms with Gasteiger partial charge in [-0.05, 0) is 35.4 Å². The first-order valence-corrected chi connectivity index (χ1v) is 7.65. The number of hydrogen-bond donors (Lipinski definition) is 2. The van der Waals surface area contributed by atoms with Gasteiger partial charge < -0.3 is 10.4 Å². The molecule has 0 unspecified atom stereocenters. The van der Waals surface area contributed by atoms with Crippen LogP contribution in [-0.4, -0.2) is 17.0 Å². The number of rotatable bonds is 4. The van der Waals surface area contributed by atoms with Crippen molar-refractivity contribution in [2.24, 2.45) is 0 Å². The van der Waals surface area contributed by atoms with Gasteiger partial charge in [0.15, 0.2) is 0 Å². The van der Waals surface area contributed by atoms with Crippen LogP contribution >= 0.6 is 0 Å². The number of amides is 1. The van der Waals surface area contributed by atoms with Crippen LogP contribution in [0, 0.1) is 6.92 Å². The van der Waals surface area contributed by atoms with Gasteiger partial charge >= 0.3 is 5.97 Å². The maximum atomic E-state index is 12.4. The van der Waals surface area contributed by atoms with Crippen LogP contribution in [0.4, 0.5) is 5.69 Å². The molecule has 0 heterocycles. The van der Waals surface area contributed by atoms with Gasteiger partial charge in [-0.2, -0.15) is 0 Å². The van der Waals surface area contributed by atoms with Crippen molar-refractivity contribution in [1.29, 1.82) is 0 Å². The molecule has 24 heavy (non-hydrogen) atoms. The van der Waals surface area contributed by atoms with E-state index >= 15 is 0 Å². The lowest BCUT2D eigenvalue weighted by atomic mass is 10.0. The van der Waals surface area contributed by atoms with E-state index in [1.165, 1.54) is 0 Å². The van der Waals surface area contributed by atoms with Gasteiger partial charge in [-0.15, -0.1) is 0 Å². The fourth-order valence-corrected chi connectivity index (χ4v) is 2.76. The third-order valence-electron chi connectivity index (χ3n) is 3.91. The zero-order chi connectivity index (χ0) is 17.1. The van der Waals surface area contributed by atoms with Crippen LogP contribution in [0.25, 0.3) is 10.8 Å². The first kappa shape index (κ1) is 15.7. The number of aromatic carboxylic acids is 1. The van der Waals surface area contributed by atoms with E-state index in [-0.39, 0.29) is 17.9 Å². The quantitative estimate of drug-likeness (QED) is 0.763. The lowest BCUT2D eigenvalue weighted by Crippen LogP contribution is -2.17. The van der Waals surface area contributed by atoms with E-state index in [1.807, 2.05) is 49.4 Å². The SMILES string of the molecule is Cc1ccc(NC(=O)Cc2cccc3ccccc23)c(C(=O)O)c1. The van der Waals surface area contributed by atoms with E-state index in [0.717, 1.165) is 21.9 Å². The molecule has 3 rings (SSSR count). The van der Waals surface area contributed by atoms with E-state index in [1.54, 1.807) is 18.2 Å². The minimum Gasteiger partial charge on any atom is -0.478 e. The van der Waals surface area contributed by atoms with Crippen molar-refractivity contribution in [3.8, 4) is 0 Å². The summed E-state index contributed by atoms with van der Waals surface area (Å²) in [5.41, 5.74) is 2.16. The molecule has 0 radical (unpaired) electrons. The number of carbonyl (C=O) groups is 2. The molecule has 1 amide bonds. The van der Waals surface area contributed by atoms with Crippen LogP contribution in [0.1, 0.15) is 21.5 Å². The van der Waals surface area contributed by atoms with Gasteiger partial charge in [0, 0.05) is 0 Å². The maximum Gasteiger partial charge on any atom is 0.337 e. The zero-order valence-electron chi connectivity index (χ0n) is 13.2. The Morgan fingerprint density at radius 2 is 1.75 bits per heavy atom. The molecule has 0 aromatic heterocycles. The summed E-state index contributed by atoms with van der Waals surface area (Å²) in [5, 5.41) is 14.1. The Morgan fingerprint density at radius 1 is 1.00 bits per heavy atom. The van der Waals surface area contributed by atoms with Gasteiger partial charge in [-0.25, -0.2) is 4.79 Å². The molecule has 0 saturated carbocycles. The molecule has 4 nitrogen and oxygen atoms in total. The first-order valence-electron chi connectivity index (χ1n) is 7.65. The molecule has 4 heteroatoms. The summed E-state index contributed by atoms with van der Waals surface area (Å²) in [6, 6.07) is 18.7. The lowest BCUT2D eigenvalue weighted by molar-refractivity contribution is -0.115. The minimum absolute atomic E-state index is 0.0984. The Labute approximate surface area is 139 Å². The second kappa shape index (κ2) is 6.54. The van der Waals surface area contributed by atoms with E-state index in [9.17, 15) is 14.7 Å². The van der Waals surface area contributed by atoms with E-state index in [0.29, 0.717) is 5.69 Å². The molecule has 3 aromatic carbocycles. The molecule has 0 saturated heterocycles. The molecule has 0 spiro atoms. The number of anilines is 1. The smallest absolute Gasteiger partial charge is 0.337 e. The minimum atomic E-state index is -1.06. The highest BCUT2D eigenvalue weighted by Crippen LogP contribution is 2.21. The van der Waals surface area contributed by atoms with Crippen molar-refractivity contribution in [2.45, 2.75) is 13.3 Å². The van der Waals surface area contributed by atoms with Crippen LogP contribution in [0.2, 0.25) is 0 Å². The standard InChI is InChI=1S/C20H17NO3/c1-13-9-10-18(17(11-13)20(23)24)21-19(22)12-15-7-4-6-14-5-2-3-8-16(14)15/h2-11H,12H2,1H3,(H,21,22)(H,23,24). The summed E-state index contributed by atoms with van der Waals surface area (Å²) >= 11 is 0. The summed E-state index contributed by atoms with van der Waals surface area (Å²) in [6.45, 7) is 1.81. The Bertz CT molecular complexity index is 926. The molecular weight excluding hydrogens is 302 g/mol. The van der Waals surface area contributed by atoms with Gasteiger partial charge in [-0.3, -0.25) is 4.79 Å². The monoisotopic (exact) mass is 319 g/mol. The summed E-state index contributed by atoms with van der Waals surface area (Å²) in [4.78, 5) is 23.7. The molecule has 0 aliphatic carbocycles. The van der Waals surface area contributed by atoms with Crippen molar-refractivity contribution in [3.63, 3.8) is 0 Å². The van der Waals surface area contributed by atoms with Crippen LogP contribution in [-0.2, 0) is 11.2 Å². The fourth-order valence-electron chi connectivity index (χ4n) is 2.76. The molecule has 0 aliphatic heterocycles. The normalized spacial score (nSPS) is 10.5. The largest absolute Gasteiger partial charge is 0.478 e. The highest BCUT2D eigenvalue weighted by molar-refractivity contribution is 6.02. The van der Waals surface area contributed by atoms with E-state index in [2.05, 4.69) is 5.32 Å². The van der Waals surface area contributed by atoms with Gasteiger partial charge in [0.05, 0.1) is 17.7 Å². The Morgan fingerprint density at radius 3 is 2.54 bits per heavy atom. The second-order valence-electron chi connectivity index (χ2n) is 5.72. The summed E-state index contributed by atoms with van der Waals surface area (Å²) in [6.07, 6.45) is 0.189. The van der Waals surface area contributed by atoms with Crippen molar-refractivity contribution in [2.75, 3.05) is 5.32 Å². The second-order valence-corrected chi connectivity index (χ2v) is 5.72. The molecule has 0 atom stereocenters. The topological polar surface area (TPSA) is 66.4 Å². The third-order valence-corrected chi connectivity index (χ3v) is 3.91. The number of carboxylic acid groups (broad SMARTS) is 1. The van der Waals surface area contributed by atoms with Crippen molar-refractivity contribution in [1.82, 2.24) is 0 Å². The fraction of sp³-hybridized carbons (Fsp3) is 0.100. The van der Waals surface area contributed by atoms with E-state index < -0.39 is 5.97 Å². The average molecular weight is 319 g/mol. The van der Waals surface area contributed by atoms with Gasteiger partial charge in [0.25, 0.3) is 0 Å². The summed E-state index contributed by atoms with van der Waals surface area (Å²) in [5.74, 6) is -1.29. The van der Waals surface area contributed by atoms with Crippen LogP contribution in [0.15, 0.2) is 60.7 Å². The molecule has 0 aliphatic rings. The summed E-state index contributed by atoms with van der Waals surface area (Å²) in [7, 11) is 0. The van der Waals surface area contributed by atoms with E-state index in [4.69, 9.17) is 0 Å². The van der Waals surface area contributed by atoms with Crippen LogP contribution in [0.3, 0.4) is 0 Å². The Hall–Kier alpha value is -3.14. The molecular formula is C20H17NO3. The molecule has 0 bridgehead atoms. The number of carboxylic acids is 1.